The maximum absolute atomic E-state index is 13.0. The maximum atomic E-state index is 13.0. The summed E-state index contributed by atoms with van der Waals surface area (Å²) in [6.45, 7) is 5.82. The second-order valence-electron chi connectivity index (χ2n) is 6.85. The molecule has 3 rings (SSSR count). The number of amides is 1. The summed E-state index contributed by atoms with van der Waals surface area (Å²) in [5.41, 5.74) is 1.19. The third kappa shape index (κ3) is 4.07. The third-order valence-electron chi connectivity index (χ3n) is 5.42. The number of carbonyl (C=O) groups is 1. The first kappa shape index (κ1) is 18.3. The molecule has 23 heavy (non-hydrogen) atoms. The Labute approximate surface area is 145 Å². The molecule has 3 heterocycles. The van der Waals surface area contributed by atoms with Crippen molar-refractivity contribution in [3.63, 3.8) is 0 Å². The average molecular weight is 341 g/mol. The Morgan fingerprint density at radius 3 is 2.87 bits per heavy atom. The van der Waals surface area contributed by atoms with E-state index in [0.717, 1.165) is 38.5 Å². The molecule has 0 spiro atoms. The van der Waals surface area contributed by atoms with Gasteiger partial charge < -0.3 is 10.2 Å². The minimum absolute atomic E-state index is 0. The molecule has 3 atom stereocenters. The van der Waals surface area contributed by atoms with Crippen LogP contribution >= 0.6 is 12.4 Å². The van der Waals surface area contributed by atoms with Crippen molar-refractivity contribution < 1.29 is 4.79 Å². The fourth-order valence-electron chi connectivity index (χ4n) is 3.95. The number of aromatic nitrogens is 2. The lowest BCUT2D eigenvalue weighted by Gasteiger charge is -2.26. The zero-order valence-corrected chi connectivity index (χ0v) is 15.0. The molecule has 0 aromatic carbocycles. The molecule has 1 aromatic rings. The lowest BCUT2D eigenvalue weighted by Crippen LogP contribution is -2.39. The van der Waals surface area contributed by atoms with Crippen LogP contribution in [0, 0.1) is 11.8 Å². The van der Waals surface area contributed by atoms with Crippen molar-refractivity contribution in [1.29, 1.82) is 0 Å². The Bertz CT molecular complexity index is 518. The van der Waals surface area contributed by atoms with E-state index in [1.807, 2.05) is 24.1 Å². The van der Waals surface area contributed by atoms with Gasteiger partial charge >= 0.3 is 0 Å². The number of nitrogens with zero attached hydrogens (tertiary/aromatic N) is 3. The smallest absolute Gasteiger partial charge is 0.227 e. The Balaban J connectivity index is 0.00000192. The van der Waals surface area contributed by atoms with Crippen LogP contribution in [0.4, 0.5) is 0 Å². The molecular formula is C17H29ClN4O. The van der Waals surface area contributed by atoms with Crippen molar-refractivity contribution in [2.45, 2.75) is 38.5 Å². The van der Waals surface area contributed by atoms with Gasteiger partial charge in [0.05, 0.1) is 12.1 Å². The number of carbonyl (C=O) groups excluding carboxylic acids is 1. The summed E-state index contributed by atoms with van der Waals surface area (Å²) >= 11 is 0. The highest BCUT2D eigenvalue weighted by Crippen LogP contribution is 2.30. The van der Waals surface area contributed by atoms with Crippen molar-refractivity contribution in [3.8, 4) is 0 Å². The minimum atomic E-state index is 0. The molecule has 2 aliphatic heterocycles. The summed E-state index contributed by atoms with van der Waals surface area (Å²) in [7, 11) is 1.93. The topological polar surface area (TPSA) is 50.2 Å². The van der Waals surface area contributed by atoms with Gasteiger partial charge in [-0.1, -0.05) is 13.3 Å². The molecule has 0 aliphatic carbocycles. The van der Waals surface area contributed by atoms with E-state index in [2.05, 4.69) is 22.2 Å². The van der Waals surface area contributed by atoms with Gasteiger partial charge in [0.1, 0.15) is 0 Å². The first-order chi connectivity index (χ1) is 10.7. The summed E-state index contributed by atoms with van der Waals surface area (Å²) in [4.78, 5) is 15.1. The molecule has 0 saturated carbocycles. The van der Waals surface area contributed by atoms with Crippen LogP contribution in [-0.2, 0) is 11.8 Å². The van der Waals surface area contributed by atoms with Gasteiger partial charge in [0, 0.05) is 45.3 Å². The average Bonchev–Trinajstić information content (AvgIpc) is 3.09. The maximum Gasteiger partial charge on any atom is 0.227 e. The van der Waals surface area contributed by atoms with Gasteiger partial charge in [0.2, 0.25) is 5.91 Å². The summed E-state index contributed by atoms with van der Waals surface area (Å²) in [5, 5.41) is 7.67. The van der Waals surface area contributed by atoms with Gasteiger partial charge in [-0.2, -0.15) is 5.10 Å². The monoisotopic (exact) mass is 340 g/mol. The van der Waals surface area contributed by atoms with Crippen LogP contribution in [0.1, 0.15) is 44.1 Å². The second kappa shape index (κ2) is 8.15. The second-order valence-corrected chi connectivity index (χ2v) is 6.85. The molecule has 1 unspecified atom stereocenters. The van der Waals surface area contributed by atoms with Crippen LogP contribution < -0.4 is 5.32 Å². The van der Waals surface area contributed by atoms with Crippen molar-refractivity contribution in [3.05, 3.63) is 18.0 Å². The van der Waals surface area contributed by atoms with Crippen LogP contribution in [0.3, 0.4) is 0 Å². The molecule has 130 valence electrons. The largest absolute Gasteiger partial charge is 0.342 e. The Morgan fingerprint density at radius 2 is 2.17 bits per heavy atom. The van der Waals surface area contributed by atoms with Crippen molar-refractivity contribution in [1.82, 2.24) is 20.0 Å². The molecule has 0 radical (unpaired) electrons. The van der Waals surface area contributed by atoms with E-state index in [-0.39, 0.29) is 24.2 Å². The van der Waals surface area contributed by atoms with Crippen LogP contribution in [0.25, 0.3) is 0 Å². The molecule has 2 fully saturated rings. The summed E-state index contributed by atoms with van der Waals surface area (Å²) < 4.78 is 1.83. The Morgan fingerprint density at radius 1 is 1.35 bits per heavy atom. The number of aryl methyl sites for hydroxylation is 1. The van der Waals surface area contributed by atoms with E-state index < -0.39 is 0 Å². The summed E-state index contributed by atoms with van der Waals surface area (Å²) in [5.74, 6) is 1.48. The molecule has 5 nitrogen and oxygen atoms in total. The van der Waals surface area contributed by atoms with E-state index in [1.165, 1.54) is 24.8 Å². The van der Waals surface area contributed by atoms with Gasteiger partial charge in [-0.05, 0) is 30.7 Å². The number of halogens is 1. The molecule has 1 amide bonds. The van der Waals surface area contributed by atoms with Gasteiger partial charge in [-0.3, -0.25) is 9.48 Å². The van der Waals surface area contributed by atoms with Gasteiger partial charge in [0.15, 0.2) is 0 Å². The Kier molecular flexibility index (Phi) is 6.48. The van der Waals surface area contributed by atoms with Crippen molar-refractivity contribution in [2.75, 3.05) is 26.2 Å². The predicted molar refractivity (Wildman–Crippen MR) is 93.8 cm³/mol. The third-order valence-corrected chi connectivity index (χ3v) is 5.42. The molecule has 0 bridgehead atoms. The molecule has 2 aliphatic rings. The fourth-order valence-corrected chi connectivity index (χ4v) is 3.95. The fraction of sp³-hybridized carbons (Fsp3) is 0.765. The molecular weight excluding hydrogens is 312 g/mol. The van der Waals surface area contributed by atoms with Crippen molar-refractivity contribution >= 4 is 18.3 Å². The molecule has 1 N–H and O–H groups in total. The summed E-state index contributed by atoms with van der Waals surface area (Å²) in [6, 6.07) is 0. The van der Waals surface area contributed by atoms with Crippen LogP contribution in [0.5, 0.6) is 0 Å². The molecule has 2 saturated heterocycles. The lowest BCUT2D eigenvalue weighted by molar-refractivity contribution is -0.135. The number of hydrogen-bond donors (Lipinski definition) is 1. The van der Waals surface area contributed by atoms with Gasteiger partial charge in [0.25, 0.3) is 0 Å². The highest BCUT2D eigenvalue weighted by atomic mass is 35.5. The Hall–Kier alpha value is -1.07. The molecule has 1 aromatic heterocycles. The van der Waals surface area contributed by atoms with Crippen LogP contribution in [-0.4, -0.2) is 46.8 Å². The van der Waals surface area contributed by atoms with Gasteiger partial charge in [-0.15, -0.1) is 12.4 Å². The number of nitrogens with one attached hydrogen (secondary N) is 1. The number of rotatable bonds is 3. The zero-order chi connectivity index (χ0) is 15.5. The highest BCUT2D eigenvalue weighted by molar-refractivity contribution is 5.85. The van der Waals surface area contributed by atoms with Crippen molar-refractivity contribution in [2.24, 2.45) is 18.9 Å². The quantitative estimate of drug-likeness (QED) is 0.917. The summed E-state index contributed by atoms with van der Waals surface area (Å²) in [6.07, 6.45) is 8.80. The number of hydrogen-bond acceptors (Lipinski definition) is 3. The molecule has 6 heteroatoms. The first-order valence-corrected chi connectivity index (χ1v) is 8.67. The predicted octanol–water partition coefficient (Wildman–Crippen LogP) is 2.18. The van der Waals surface area contributed by atoms with E-state index in [9.17, 15) is 4.79 Å². The van der Waals surface area contributed by atoms with E-state index in [0.29, 0.717) is 5.91 Å². The van der Waals surface area contributed by atoms with Crippen LogP contribution in [0.15, 0.2) is 12.4 Å². The van der Waals surface area contributed by atoms with E-state index in [1.54, 1.807) is 0 Å². The normalized spacial score (nSPS) is 28.3. The standard InChI is InChI=1S/C17H28N4O.ClH/c1-3-13-5-4-7-21(8-6-13)17(22)16-11-18-10-15(16)14-9-19-20(2)12-14;/h9,12-13,15-16,18H,3-8,10-11H2,1-2H3;1H/t13?,15-,16+;/m1./s1. The zero-order valence-electron chi connectivity index (χ0n) is 14.2. The highest BCUT2D eigenvalue weighted by Gasteiger charge is 2.37. The first-order valence-electron chi connectivity index (χ1n) is 8.67. The lowest BCUT2D eigenvalue weighted by atomic mass is 9.89. The van der Waals surface area contributed by atoms with Crippen LogP contribution in [0.2, 0.25) is 0 Å². The van der Waals surface area contributed by atoms with E-state index >= 15 is 0 Å². The van der Waals surface area contributed by atoms with Gasteiger partial charge in [-0.25, -0.2) is 0 Å². The number of likely N-dealkylation sites (tertiary alicyclic amines) is 1. The van der Waals surface area contributed by atoms with E-state index in [4.69, 9.17) is 0 Å². The SMILES string of the molecule is CCC1CCCN(C(=O)[C@H]2CNC[C@@H]2c2cnn(C)c2)CC1.Cl. The minimum Gasteiger partial charge on any atom is -0.342 e.